The number of likely N-dealkylation sites (tertiary alicyclic amines) is 1. The normalized spacial score (nSPS) is 15.5. The first-order chi connectivity index (χ1) is 11.5. The molecule has 24 heavy (non-hydrogen) atoms. The van der Waals surface area contributed by atoms with Crippen molar-refractivity contribution in [3.05, 3.63) is 23.7 Å². The fourth-order valence-corrected chi connectivity index (χ4v) is 2.96. The van der Waals surface area contributed by atoms with Gasteiger partial charge in [0.1, 0.15) is 6.26 Å². The van der Waals surface area contributed by atoms with Crippen LogP contribution < -0.4 is 5.32 Å². The molecule has 1 aliphatic rings. The number of carbonyl (C=O) groups is 3. The van der Waals surface area contributed by atoms with E-state index in [1.165, 1.54) is 6.07 Å². The Morgan fingerprint density at radius 1 is 1.29 bits per heavy atom. The molecule has 2 amide bonds. The third-order valence-electron chi connectivity index (χ3n) is 4.55. The van der Waals surface area contributed by atoms with E-state index in [2.05, 4.69) is 5.32 Å². The molecular formula is C17H24N2O5. The molecule has 1 saturated heterocycles. The van der Waals surface area contributed by atoms with E-state index in [-0.39, 0.29) is 29.2 Å². The largest absolute Gasteiger partial charge is 0.478 e. The van der Waals surface area contributed by atoms with Crippen LogP contribution in [0.15, 0.2) is 16.7 Å². The Bertz CT molecular complexity index is 598. The van der Waals surface area contributed by atoms with Crippen molar-refractivity contribution in [3.8, 4) is 0 Å². The molecule has 0 unspecified atom stereocenters. The van der Waals surface area contributed by atoms with E-state index in [1.54, 1.807) is 0 Å². The van der Waals surface area contributed by atoms with Gasteiger partial charge in [-0.2, -0.15) is 0 Å². The standard InChI is InChI=1S/C17H24N2O5/c1-3-11(4-2)16(21)19-7-5-13(6-8-19)18-15(20)14-9-12(10-24-14)17(22)23/h9-11,13H,3-8H2,1-2H3,(H,18,20)(H,22,23). The Labute approximate surface area is 141 Å². The van der Waals surface area contributed by atoms with Gasteiger partial charge in [-0.1, -0.05) is 13.8 Å². The maximum atomic E-state index is 12.3. The molecule has 1 fully saturated rings. The third kappa shape index (κ3) is 4.15. The molecule has 0 aliphatic carbocycles. The number of hydrogen-bond donors (Lipinski definition) is 2. The summed E-state index contributed by atoms with van der Waals surface area (Å²) in [5.41, 5.74) is -0.0502. The molecule has 1 aromatic rings. The highest BCUT2D eigenvalue weighted by atomic mass is 16.4. The van der Waals surface area contributed by atoms with Crippen LogP contribution in [0.3, 0.4) is 0 Å². The van der Waals surface area contributed by atoms with Crippen molar-refractivity contribution >= 4 is 17.8 Å². The zero-order valence-corrected chi connectivity index (χ0v) is 14.1. The van der Waals surface area contributed by atoms with Gasteiger partial charge in [0.05, 0.1) is 5.56 Å². The average Bonchev–Trinajstić information content (AvgIpc) is 3.07. The second kappa shape index (κ2) is 7.99. The number of carboxylic acid groups (broad SMARTS) is 1. The number of furan rings is 1. The van der Waals surface area contributed by atoms with Crippen LogP contribution in [0.5, 0.6) is 0 Å². The van der Waals surface area contributed by atoms with Crippen LogP contribution in [-0.2, 0) is 4.79 Å². The summed E-state index contributed by atoms with van der Waals surface area (Å²) in [6.07, 6.45) is 4.11. The minimum Gasteiger partial charge on any atom is -0.478 e. The number of nitrogens with zero attached hydrogens (tertiary/aromatic N) is 1. The predicted octanol–water partition coefficient (Wildman–Crippen LogP) is 2.13. The Morgan fingerprint density at radius 2 is 1.92 bits per heavy atom. The molecule has 0 spiro atoms. The monoisotopic (exact) mass is 336 g/mol. The Hall–Kier alpha value is -2.31. The van der Waals surface area contributed by atoms with Crippen molar-refractivity contribution < 1.29 is 23.9 Å². The van der Waals surface area contributed by atoms with Crippen molar-refractivity contribution in [2.45, 2.75) is 45.6 Å². The lowest BCUT2D eigenvalue weighted by Gasteiger charge is -2.34. The second-order valence-corrected chi connectivity index (χ2v) is 6.09. The summed E-state index contributed by atoms with van der Waals surface area (Å²) in [5, 5.41) is 11.7. The van der Waals surface area contributed by atoms with Gasteiger partial charge >= 0.3 is 5.97 Å². The molecule has 7 heteroatoms. The summed E-state index contributed by atoms with van der Waals surface area (Å²) in [5.74, 6) is -1.29. The van der Waals surface area contributed by atoms with E-state index in [0.717, 1.165) is 19.1 Å². The molecule has 7 nitrogen and oxygen atoms in total. The number of carboxylic acids is 1. The molecule has 2 heterocycles. The maximum Gasteiger partial charge on any atom is 0.338 e. The maximum absolute atomic E-state index is 12.3. The number of aromatic carboxylic acids is 1. The van der Waals surface area contributed by atoms with Gasteiger partial charge in [-0.25, -0.2) is 4.79 Å². The molecular weight excluding hydrogens is 312 g/mol. The van der Waals surface area contributed by atoms with E-state index >= 15 is 0 Å². The van der Waals surface area contributed by atoms with Crippen LogP contribution in [0.1, 0.15) is 60.4 Å². The van der Waals surface area contributed by atoms with Gasteiger partial charge in [-0.3, -0.25) is 9.59 Å². The topological polar surface area (TPSA) is 99.9 Å². The lowest BCUT2D eigenvalue weighted by atomic mass is 9.98. The highest BCUT2D eigenvalue weighted by molar-refractivity contribution is 5.95. The van der Waals surface area contributed by atoms with Gasteiger partial charge in [0, 0.05) is 31.1 Å². The first-order valence-corrected chi connectivity index (χ1v) is 8.37. The fourth-order valence-electron chi connectivity index (χ4n) is 2.96. The van der Waals surface area contributed by atoms with E-state index in [4.69, 9.17) is 9.52 Å². The lowest BCUT2D eigenvalue weighted by molar-refractivity contribution is -0.136. The number of nitrogens with one attached hydrogen (secondary N) is 1. The Kier molecular flexibility index (Phi) is 6.00. The second-order valence-electron chi connectivity index (χ2n) is 6.09. The smallest absolute Gasteiger partial charge is 0.338 e. The van der Waals surface area contributed by atoms with E-state index < -0.39 is 11.9 Å². The highest BCUT2D eigenvalue weighted by Crippen LogP contribution is 2.18. The molecule has 0 bridgehead atoms. The average molecular weight is 336 g/mol. The fraction of sp³-hybridized carbons (Fsp3) is 0.588. The summed E-state index contributed by atoms with van der Waals surface area (Å²) in [7, 11) is 0. The summed E-state index contributed by atoms with van der Waals surface area (Å²) in [6.45, 7) is 5.29. The SMILES string of the molecule is CCC(CC)C(=O)N1CCC(NC(=O)c2cc(C(=O)O)co2)CC1. The number of hydrogen-bond acceptors (Lipinski definition) is 4. The van der Waals surface area contributed by atoms with E-state index in [1.807, 2.05) is 18.7 Å². The minimum atomic E-state index is -1.13. The Balaban J connectivity index is 1.85. The van der Waals surface area contributed by atoms with E-state index in [9.17, 15) is 14.4 Å². The van der Waals surface area contributed by atoms with Gasteiger partial charge < -0.3 is 19.7 Å². The summed E-state index contributed by atoms with van der Waals surface area (Å²) >= 11 is 0. The third-order valence-corrected chi connectivity index (χ3v) is 4.55. The van der Waals surface area contributed by atoms with Gasteiger partial charge in [-0.05, 0) is 25.7 Å². The molecule has 0 atom stereocenters. The molecule has 0 saturated carbocycles. The molecule has 1 aliphatic heterocycles. The van der Waals surface area contributed by atoms with Crippen molar-refractivity contribution in [1.29, 1.82) is 0 Å². The molecule has 132 valence electrons. The first kappa shape index (κ1) is 18.0. The Morgan fingerprint density at radius 3 is 2.42 bits per heavy atom. The van der Waals surface area contributed by atoms with Crippen molar-refractivity contribution in [1.82, 2.24) is 10.2 Å². The molecule has 2 N–H and O–H groups in total. The number of amides is 2. The molecule has 1 aromatic heterocycles. The molecule has 2 rings (SSSR count). The van der Waals surface area contributed by atoms with Gasteiger partial charge in [0.25, 0.3) is 5.91 Å². The number of carbonyl (C=O) groups excluding carboxylic acids is 2. The van der Waals surface area contributed by atoms with E-state index in [0.29, 0.717) is 25.9 Å². The zero-order chi connectivity index (χ0) is 17.7. The summed E-state index contributed by atoms with van der Waals surface area (Å²) < 4.78 is 4.99. The van der Waals surface area contributed by atoms with Crippen molar-refractivity contribution in [2.24, 2.45) is 5.92 Å². The predicted molar refractivity (Wildman–Crippen MR) is 86.8 cm³/mol. The van der Waals surface area contributed by atoms with Crippen LogP contribution in [0.4, 0.5) is 0 Å². The van der Waals surface area contributed by atoms with Crippen LogP contribution in [0.25, 0.3) is 0 Å². The van der Waals surface area contributed by atoms with Crippen LogP contribution in [-0.4, -0.2) is 46.9 Å². The summed E-state index contributed by atoms with van der Waals surface area (Å²) in [6, 6.07) is 1.17. The van der Waals surface area contributed by atoms with Gasteiger partial charge in [-0.15, -0.1) is 0 Å². The van der Waals surface area contributed by atoms with Crippen LogP contribution in [0, 0.1) is 5.92 Å². The minimum absolute atomic E-state index is 0.0112. The molecule has 0 radical (unpaired) electrons. The first-order valence-electron chi connectivity index (χ1n) is 8.37. The lowest BCUT2D eigenvalue weighted by Crippen LogP contribution is -2.48. The van der Waals surface area contributed by atoms with Gasteiger partial charge in [0.15, 0.2) is 5.76 Å². The van der Waals surface area contributed by atoms with Crippen molar-refractivity contribution in [3.63, 3.8) is 0 Å². The summed E-state index contributed by atoms with van der Waals surface area (Å²) in [4.78, 5) is 37.1. The quantitative estimate of drug-likeness (QED) is 0.829. The number of piperidine rings is 1. The molecule has 0 aromatic carbocycles. The van der Waals surface area contributed by atoms with Crippen LogP contribution >= 0.6 is 0 Å². The zero-order valence-electron chi connectivity index (χ0n) is 14.1. The highest BCUT2D eigenvalue weighted by Gasteiger charge is 2.27. The van der Waals surface area contributed by atoms with Gasteiger partial charge in [0.2, 0.25) is 5.91 Å². The number of rotatable bonds is 6. The van der Waals surface area contributed by atoms with Crippen LogP contribution in [0.2, 0.25) is 0 Å². The van der Waals surface area contributed by atoms with Crippen molar-refractivity contribution in [2.75, 3.05) is 13.1 Å².